The van der Waals surface area contributed by atoms with E-state index < -0.39 is 0 Å². The van der Waals surface area contributed by atoms with Gasteiger partial charge in [0.1, 0.15) is 5.75 Å². The SMILES string of the molecule is CCCCCCC(N)Cc1ncc(C)c(OC)c1C. The fourth-order valence-corrected chi connectivity index (χ4v) is 2.46. The van der Waals surface area contributed by atoms with Crippen molar-refractivity contribution in [3.63, 3.8) is 0 Å². The zero-order chi connectivity index (χ0) is 14.3. The minimum Gasteiger partial charge on any atom is -0.496 e. The molecular weight excluding hydrogens is 236 g/mol. The molecule has 0 saturated carbocycles. The van der Waals surface area contributed by atoms with Crippen molar-refractivity contribution in [1.29, 1.82) is 0 Å². The molecule has 19 heavy (non-hydrogen) atoms. The minimum atomic E-state index is 0.204. The molecule has 0 aromatic carbocycles. The molecule has 1 atom stereocenters. The maximum absolute atomic E-state index is 6.21. The van der Waals surface area contributed by atoms with Gasteiger partial charge in [0.05, 0.1) is 7.11 Å². The normalized spacial score (nSPS) is 12.5. The lowest BCUT2D eigenvalue weighted by Gasteiger charge is -2.15. The predicted octanol–water partition coefficient (Wildman–Crippen LogP) is 3.55. The Kier molecular flexibility index (Phi) is 6.85. The number of ether oxygens (including phenoxy) is 1. The number of hydrogen-bond donors (Lipinski definition) is 1. The zero-order valence-electron chi connectivity index (χ0n) is 12.8. The summed E-state index contributed by atoms with van der Waals surface area (Å²) in [6.45, 7) is 6.32. The number of methoxy groups -OCH3 is 1. The average Bonchev–Trinajstić information content (AvgIpc) is 2.39. The Morgan fingerprint density at radius 2 is 2.00 bits per heavy atom. The lowest BCUT2D eigenvalue weighted by Crippen LogP contribution is -2.23. The van der Waals surface area contributed by atoms with E-state index in [1.54, 1.807) is 7.11 Å². The highest BCUT2D eigenvalue weighted by Gasteiger charge is 2.12. The van der Waals surface area contributed by atoms with E-state index >= 15 is 0 Å². The van der Waals surface area contributed by atoms with E-state index in [9.17, 15) is 0 Å². The predicted molar refractivity (Wildman–Crippen MR) is 80.7 cm³/mol. The summed E-state index contributed by atoms with van der Waals surface area (Å²) in [5, 5.41) is 0. The van der Waals surface area contributed by atoms with Crippen LogP contribution in [0.2, 0.25) is 0 Å². The third-order valence-corrected chi connectivity index (χ3v) is 3.63. The smallest absolute Gasteiger partial charge is 0.128 e. The summed E-state index contributed by atoms with van der Waals surface area (Å²) in [5.41, 5.74) is 9.49. The van der Waals surface area contributed by atoms with E-state index in [1.165, 1.54) is 25.7 Å². The first-order chi connectivity index (χ1) is 9.10. The topological polar surface area (TPSA) is 48.1 Å². The Morgan fingerprint density at radius 3 is 2.63 bits per heavy atom. The third kappa shape index (κ3) is 4.83. The second-order valence-corrected chi connectivity index (χ2v) is 5.36. The Hall–Kier alpha value is -1.09. The van der Waals surface area contributed by atoms with E-state index in [0.29, 0.717) is 0 Å². The molecule has 0 amide bonds. The van der Waals surface area contributed by atoms with Gasteiger partial charge in [-0.1, -0.05) is 32.6 Å². The van der Waals surface area contributed by atoms with Gasteiger partial charge in [0, 0.05) is 35.5 Å². The molecule has 108 valence electrons. The first-order valence-corrected chi connectivity index (χ1v) is 7.34. The summed E-state index contributed by atoms with van der Waals surface area (Å²) >= 11 is 0. The Labute approximate surface area is 117 Å². The van der Waals surface area contributed by atoms with Gasteiger partial charge < -0.3 is 10.5 Å². The summed E-state index contributed by atoms with van der Waals surface area (Å²) in [7, 11) is 1.71. The summed E-state index contributed by atoms with van der Waals surface area (Å²) < 4.78 is 5.43. The Bertz CT molecular complexity index is 391. The molecule has 0 fully saturated rings. The molecule has 2 N–H and O–H groups in total. The summed E-state index contributed by atoms with van der Waals surface area (Å²) in [6, 6.07) is 0.204. The van der Waals surface area contributed by atoms with Gasteiger partial charge in [0.25, 0.3) is 0 Å². The van der Waals surface area contributed by atoms with Gasteiger partial charge in [-0.2, -0.15) is 0 Å². The quantitative estimate of drug-likeness (QED) is 0.730. The van der Waals surface area contributed by atoms with Crippen molar-refractivity contribution < 1.29 is 4.74 Å². The molecule has 1 aromatic heterocycles. The molecular formula is C16H28N2O. The lowest BCUT2D eigenvalue weighted by atomic mass is 10.0. The Morgan fingerprint density at radius 1 is 1.26 bits per heavy atom. The molecule has 0 radical (unpaired) electrons. The number of rotatable bonds is 8. The van der Waals surface area contributed by atoms with E-state index in [4.69, 9.17) is 10.5 Å². The molecule has 3 heteroatoms. The largest absolute Gasteiger partial charge is 0.496 e. The van der Waals surface area contributed by atoms with E-state index in [0.717, 1.165) is 35.4 Å². The average molecular weight is 264 g/mol. The maximum atomic E-state index is 6.21. The lowest BCUT2D eigenvalue weighted by molar-refractivity contribution is 0.406. The molecule has 0 saturated heterocycles. The van der Waals surface area contributed by atoms with E-state index in [2.05, 4.69) is 18.8 Å². The Balaban J connectivity index is 2.57. The van der Waals surface area contributed by atoms with Crippen molar-refractivity contribution in [1.82, 2.24) is 4.98 Å². The van der Waals surface area contributed by atoms with E-state index in [1.807, 2.05) is 13.1 Å². The minimum absolute atomic E-state index is 0.204. The number of pyridine rings is 1. The number of aryl methyl sites for hydroxylation is 1. The zero-order valence-corrected chi connectivity index (χ0v) is 12.8. The summed E-state index contributed by atoms with van der Waals surface area (Å²) in [5.74, 6) is 0.947. The van der Waals surface area contributed by atoms with Crippen molar-refractivity contribution in [3.8, 4) is 5.75 Å². The molecule has 1 heterocycles. The monoisotopic (exact) mass is 264 g/mol. The number of aromatic nitrogens is 1. The maximum Gasteiger partial charge on any atom is 0.128 e. The van der Waals surface area contributed by atoms with Crippen LogP contribution >= 0.6 is 0 Å². The molecule has 3 nitrogen and oxygen atoms in total. The van der Waals surface area contributed by atoms with E-state index in [-0.39, 0.29) is 6.04 Å². The van der Waals surface area contributed by atoms with Crippen LogP contribution in [0.5, 0.6) is 5.75 Å². The second-order valence-electron chi connectivity index (χ2n) is 5.36. The van der Waals surface area contributed by atoms with Gasteiger partial charge in [-0.05, 0) is 20.3 Å². The van der Waals surface area contributed by atoms with Crippen molar-refractivity contribution in [2.75, 3.05) is 7.11 Å². The van der Waals surface area contributed by atoms with Crippen molar-refractivity contribution in [2.45, 2.75) is 65.3 Å². The number of unbranched alkanes of at least 4 members (excludes halogenated alkanes) is 3. The van der Waals surface area contributed by atoms with Crippen LogP contribution in [0.4, 0.5) is 0 Å². The van der Waals surface area contributed by atoms with Crippen molar-refractivity contribution in [2.24, 2.45) is 5.73 Å². The van der Waals surface area contributed by atoms with Crippen LogP contribution in [0, 0.1) is 13.8 Å². The van der Waals surface area contributed by atoms with Crippen LogP contribution in [0.25, 0.3) is 0 Å². The van der Waals surface area contributed by atoms with Crippen LogP contribution in [-0.4, -0.2) is 18.1 Å². The van der Waals surface area contributed by atoms with Gasteiger partial charge in [-0.15, -0.1) is 0 Å². The highest BCUT2D eigenvalue weighted by atomic mass is 16.5. The molecule has 1 rings (SSSR count). The van der Waals surface area contributed by atoms with Gasteiger partial charge in [-0.25, -0.2) is 0 Å². The first kappa shape index (κ1) is 16.0. The van der Waals surface area contributed by atoms with Gasteiger partial charge in [0.15, 0.2) is 0 Å². The van der Waals surface area contributed by atoms with Crippen LogP contribution in [0.15, 0.2) is 6.20 Å². The van der Waals surface area contributed by atoms with Gasteiger partial charge in [-0.3, -0.25) is 4.98 Å². The number of nitrogens with zero attached hydrogens (tertiary/aromatic N) is 1. The molecule has 0 bridgehead atoms. The molecule has 0 spiro atoms. The highest BCUT2D eigenvalue weighted by molar-refractivity contribution is 5.41. The number of hydrogen-bond acceptors (Lipinski definition) is 3. The van der Waals surface area contributed by atoms with Crippen molar-refractivity contribution >= 4 is 0 Å². The van der Waals surface area contributed by atoms with Gasteiger partial charge >= 0.3 is 0 Å². The van der Waals surface area contributed by atoms with Crippen LogP contribution < -0.4 is 10.5 Å². The fraction of sp³-hybridized carbons (Fsp3) is 0.688. The second kappa shape index (κ2) is 8.16. The third-order valence-electron chi connectivity index (χ3n) is 3.63. The standard InChI is InChI=1S/C16H28N2O/c1-5-6-7-8-9-14(17)10-15-13(3)16(19-4)12(2)11-18-15/h11,14H,5-10,17H2,1-4H3. The van der Waals surface area contributed by atoms with Crippen LogP contribution in [-0.2, 0) is 6.42 Å². The van der Waals surface area contributed by atoms with Crippen LogP contribution in [0.3, 0.4) is 0 Å². The summed E-state index contributed by atoms with van der Waals surface area (Å²) in [4.78, 5) is 4.51. The molecule has 0 aliphatic rings. The molecule has 0 aliphatic heterocycles. The fourth-order valence-electron chi connectivity index (χ4n) is 2.46. The highest BCUT2D eigenvalue weighted by Crippen LogP contribution is 2.24. The van der Waals surface area contributed by atoms with Crippen molar-refractivity contribution in [3.05, 3.63) is 23.0 Å². The van der Waals surface area contributed by atoms with Crippen LogP contribution in [0.1, 0.15) is 55.8 Å². The van der Waals surface area contributed by atoms with Gasteiger partial charge in [0.2, 0.25) is 0 Å². The molecule has 1 aromatic rings. The summed E-state index contributed by atoms with van der Waals surface area (Å²) in [6.07, 6.45) is 8.88. The molecule has 1 unspecified atom stereocenters. The first-order valence-electron chi connectivity index (χ1n) is 7.34. The number of nitrogens with two attached hydrogens (primary N) is 1. The molecule has 0 aliphatic carbocycles.